The molecule has 0 unspecified atom stereocenters. The van der Waals surface area contributed by atoms with Crippen LogP contribution in [-0.2, 0) is 24.1 Å². The van der Waals surface area contributed by atoms with E-state index in [1.54, 1.807) is 11.3 Å². The van der Waals surface area contributed by atoms with Crippen LogP contribution in [0.25, 0.3) is 10.2 Å². The summed E-state index contributed by atoms with van der Waals surface area (Å²) in [6.07, 6.45) is 6.80. The Balaban J connectivity index is 1.66. The maximum Gasteiger partial charge on any atom is 0.326 e. The first-order chi connectivity index (χ1) is 13.7. The Morgan fingerprint density at radius 1 is 1.14 bits per heavy atom. The number of aliphatic carboxylic acids is 1. The molecule has 3 aromatic rings. The zero-order valence-electron chi connectivity index (χ0n) is 15.7. The molecule has 2 aliphatic rings. The van der Waals surface area contributed by atoms with E-state index in [1.807, 2.05) is 23.1 Å². The van der Waals surface area contributed by atoms with Crippen molar-refractivity contribution in [1.29, 1.82) is 0 Å². The summed E-state index contributed by atoms with van der Waals surface area (Å²) in [5, 5.41) is 10.8. The van der Waals surface area contributed by atoms with E-state index in [0.717, 1.165) is 47.7 Å². The normalized spacial score (nSPS) is 19.1. The second-order valence-corrected chi connectivity index (χ2v) is 8.79. The maximum absolute atomic E-state index is 11.8. The van der Waals surface area contributed by atoms with Gasteiger partial charge in [0.25, 0.3) is 0 Å². The lowest BCUT2D eigenvalue weighted by Crippen LogP contribution is -2.36. The molecule has 5 rings (SSSR count). The van der Waals surface area contributed by atoms with E-state index in [0.29, 0.717) is 12.8 Å². The van der Waals surface area contributed by atoms with E-state index in [4.69, 9.17) is 9.97 Å². The standard InChI is InChI=1S/C22H23N3O2S/c26-22(27)16-10-6-12-25(16)20-19-15-9-4-5-11-17(15)28-21(19)24-18(23-20)13-14-7-2-1-3-8-14/h1-3,7-8,16H,4-6,9-13H2,(H,26,27)/t16-/m0/s1. The van der Waals surface area contributed by atoms with Gasteiger partial charge in [-0.25, -0.2) is 14.8 Å². The van der Waals surface area contributed by atoms with Crippen LogP contribution in [-0.4, -0.2) is 33.6 Å². The van der Waals surface area contributed by atoms with Crippen molar-refractivity contribution in [3.63, 3.8) is 0 Å². The Morgan fingerprint density at radius 3 is 2.79 bits per heavy atom. The molecule has 6 heteroatoms. The highest BCUT2D eigenvalue weighted by molar-refractivity contribution is 7.19. The largest absolute Gasteiger partial charge is 0.480 e. The van der Waals surface area contributed by atoms with Crippen LogP contribution in [0.2, 0.25) is 0 Å². The van der Waals surface area contributed by atoms with Crippen molar-refractivity contribution in [2.75, 3.05) is 11.4 Å². The summed E-state index contributed by atoms with van der Waals surface area (Å²) in [6, 6.07) is 9.75. The van der Waals surface area contributed by atoms with Crippen LogP contribution in [0.5, 0.6) is 0 Å². The minimum Gasteiger partial charge on any atom is -0.480 e. The molecule has 28 heavy (non-hydrogen) atoms. The molecule has 0 spiro atoms. The first-order valence-corrected chi connectivity index (χ1v) is 10.9. The quantitative estimate of drug-likeness (QED) is 0.719. The van der Waals surface area contributed by atoms with Crippen molar-refractivity contribution in [1.82, 2.24) is 9.97 Å². The van der Waals surface area contributed by atoms with E-state index >= 15 is 0 Å². The minimum absolute atomic E-state index is 0.484. The van der Waals surface area contributed by atoms with Gasteiger partial charge in [-0.05, 0) is 49.7 Å². The fourth-order valence-corrected chi connectivity index (χ4v) is 5.80. The molecule has 1 saturated heterocycles. The fraction of sp³-hybridized carbons (Fsp3) is 0.409. The third kappa shape index (κ3) is 3.05. The number of thiophene rings is 1. The molecular formula is C22H23N3O2S. The average molecular weight is 394 g/mol. The third-order valence-electron chi connectivity index (χ3n) is 5.86. The lowest BCUT2D eigenvalue weighted by atomic mass is 9.96. The predicted molar refractivity (Wildman–Crippen MR) is 111 cm³/mol. The van der Waals surface area contributed by atoms with Crippen molar-refractivity contribution in [2.45, 2.75) is 51.0 Å². The van der Waals surface area contributed by atoms with Crippen LogP contribution < -0.4 is 4.90 Å². The van der Waals surface area contributed by atoms with Gasteiger partial charge in [-0.15, -0.1) is 11.3 Å². The zero-order valence-corrected chi connectivity index (χ0v) is 16.5. The number of hydrogen-bond donors (Lipinski definition) is 1. The molecule has 1 aromatic carbocycles. The number of rotatable bonds is 4. The number of hydrogen-bond acceptors (Lipinski definition) is 5. The fourth-order valence-electron chi connectivity index (χ4n) is 4.52. The molecule has 3 heterocycles. The van der Waals surface area contributed by atoms with Crippen LogP contribution in [0.3, 0.4) is 0 Å². The van der Waals surface area contributed by atoms with E-state index in [2.05, 4.69) is 12.1 Å². The summed E-state index contributed by atoms with van der Waals surface area (Å²) in [7, 11) is 0. The molecule has 0 bridgehead atoms. The number of carboxylic acids is 1. The van der Waals surface area contributed by atoms with Crippen LogP contribution in [0, 0.1) is 0 Å². The number of aryl methyl sites for hydroxylation is 2. The molecule has 5 nitrogen and oxygen atoms in total. The molecule has 1 N–H and O–H groups in total. The molecule has 1 aliphatic carbocycles. The molecule has 1 atom stereocenters. The number of nitrogens with zero attached hydrogens (tertiary/aromatic N) is 3. The summed E-state index contributed by atoms with van der Waals surface area (Å²) in [6.45, 7) is 0.748. The van der Waals surface area contributed by atoms with Crippen LogP contribution >= 0.6 is 11.3 Å². The summed E-state index contributed by atoms with van der Waals surface area (Å²) in [5.74, 6) is 0.876. The molecule has 2 aromatic heterocycles. The van der Waals surface area contributed by atoms with Gasteiger partial charge in [0.1, 0.15) is 22.5 Å². The Morgan fingerprint density at radius 2 is 1.96 bits per heavy atom. The number of benzene rings is 1. The highest BCUT2D eigenvalue weighted by Crippen LogP contribution is 2.41. The van der Waals surface area contributed by atoms with Crippen molar-refractivity contribution in [2.24, 2.45) is 0 Å². The van der Waals surface area contributed by atoms with Crippen LogP contribution in [0.15, 0.2) is 30.3 Å². The summed E-state index contributed by atoms with van der Waals surface area (Å²) in [5.41, 5.74) is 2.54. The van der Waals surface area contributed by atoms with Crippen LogP contribution in [0.4, 0.5) is 5.82 Å². The highest BCUT2D eigenvalue weighted by atomic mass is 32.1. The molecule has 0 amide bonds. The number of aromatic nitrogens is 2. The Labute approximate surface area is 168 Å². The van der Waals surface area contributed by atoms with Crippen molar-refractivity contribution >= 4 is 33.3 Å². The third-order valence-corrected chi connectivity index (χ3v) is 7.04. The van der Waals surface area contributed by atoms with Gasteiger partial charge in [-0.2, -0.15) is 0 Å². The van der Waals surface area contributed by atoms with Crippen LogP contribution in [0.1, 0.15) is 47.5 Å². The van der Waals surface area contributed by atoms with E-state index in [1.165, 1.54) is 28.8 Å². The molecule has 0 saturated carbocycles. The van der Waals surface area contributed by atoms with E-state index in [9.17, 15) is 9.90 Å². The van der Waals surface area contributed by atoms with Gasteiger partial charge < -0.3 is 10.0 Å². The Kier molecular flexibility index (Phi) is 4.51. The summed E-state index contributed by atoms with van der Waals surface area (Å²) in [4.78, 5) is 26.2. The number of carbonyl (C=O) groups is 1. The smallest absolute Gasteiger partial charge is 0.326 e. The first-order valence-electron chi connectivity index (χ1n) is 10.1. The summed E-state index contributed by atoms with van der Waals surface area (Å²) < 4.78 is 0. The topological polar surface area (TPSA) is 66.3 Å². The Bertz CT molecular complexity index is 1030. The zero-order chi connectivity index (χ0) is 19.1. The molecule has 0 radical (unpaired) electrons. The van der Waals surface area contributed by atoms with Gasteiger partial charge in [-0.1, -0.05) is 30.3 Å². The maximum atomic E-state index is 11.8. The van der Waals surface area contributed by atoms with Gasteiger partial charge in [0.2, 0.25) is 0 Å². The van der Waals surface area contributed by atoms with Crippen molar-refractivity contribution in [3.05, 3.63) is 52.2 Å². The van der Waals surface area contributed by atoms with E-state index in [-0.39, 0.29) is 0 Å². The van der Waals surface area contributed by atoms with Crippen molar-refractivity contribution < 1.29 is 9.90 Å². The lowest BCUT2D eigenvalue weighted by Gasteiger charge is -2.24. The van der Waals surface area contributed by atoms with Gasteiger partial charge in [-0.3, -0.25) is 0 Å². The van der Waals surface area contributed by atoms with Crippen molar-refractivity contribution in [3.8, 4) is 0 Å². The number of fused-ring (bicyclic) bond motifs is 3. The van der Waals surface area contributed by atoms with Gasteiger partial charge in [0, 0.05) is 17.8 Å². The van der Waals surface area contributed by atoms with E-state index < -0.39 is 12.0 Å². The summed E-state index contributed by atoms with van der Waals surface area (Å²) >= 11 is 1.78. The second kappa shape index (κ2) is 7.17. The Hall–Kier alpha value is -2.47. The lowest BCUT2D eigenvalue weighted by molar-refractivity contribution is -0.138. The predicted octanol–water partition coefficient (Wildman–Crippen LogP) is 4.21. The minimum atomic E-state index is -0.752. The highest BCUT2D eigenvalue weighted by Gasteiger charge is 2.34. The second-order valence-electron chi connectivity index (χ2n) is 7.71. The number of anilines is 1. The monoisotopic (exact) mass is 393 g/mol. The molecule has 144 valence electrons. The van der Waals surface area contributed by atoms with Gasteiger partial charge >= 0.3 is 5.97 Å². The van der Waals surface area contributed by atoms with Gasteiger partial charge in [0.05, 0.1) is 5.39 Å². The van der Waals surface area contributed by atoms with Gasteiger partial charge in [0.15, 0.2) is 0 Å². The average Bonchev–Trinajstić information content (AvgIpc) is 3.33. The molecular weight excluding hydrogens is 370 g/mol. The first kappa shape index (κ1) is 17.6. The SMILES string of the molecule is O=C(O)[C@@H]1CCCN1c1nc(Cc2ccccc2)nc2sc3c(c12)CCCC3. The number of carboxylic acid groups (broad SMARTS) is 1. The molecule has 1 aliphatic heterocycles. The molecule has 1 fully saturated rings.